The Hall–Kier alpha value is -0.610. The van der Waals surface area contributed by atoms with E-state index in [1.54, 1.807) is 0 Å². The molecule has 0 aliphatic carbocycles. The van der Waals surface area contributed by atoms with E-state index in [0.717, 1.165) is 45.2 Å². The molecule has 1 atom stereocenters. The molecule has 0 aromatic carbocycles. The number of carbonyl (C=O) groups is 1. The lowest BCUT2D eigenvalue weighted by Crippen LogP contribution is -2.51. The maximum Gasteiger partial charge on any atom is 0.225 e. The Kier molecular flexibility index (Phi) is 5.85. The molecule has 2 rings (SSSR count). The lowest BCUT2D eigenvalue weighted by Gasteiger charge is -2.38. The van der Waals surface area contributed by atoms with E-state index in [1.807, 2.05) is 0 Å². The summed E-state index contributed by atoms with van der Waals surface area (Å²) in [5.41, 5.74) is 0. The summed E-state index contributed by atoms with van der Waals surface area (Å²) < 4.78 is 0. The standard InChI is InChI=1S/C16H31N3O/c1-4-18(5-2)12-14-6-8-19(9-7-14)16(20)13(3)15-10-17-11-15/h13-15,17H,4-12H2,1-3H3. The van der Waals surface area contributed by atoms with Crippen LogP contribution in [0.3, 0.4) is 0 Å². The number of amides is 1. The molecular formula is C16H31N3O. The van der Waals surface area contributed by atoms with Crippen LogP contribution in [0.15, 0.2) is 0 Å². The third-order valence-corrected chi connectivity index (χ3v) is 5.25. The van der Waals surface area contributed by atoms with Crippen LogP contribution in [-0.4, -0.2) is 61.5 Å². The molecule has 1 unspecified atom stereocenters. The number of piperidine rings is 1. The van der Waals surface area contributed by atoms with Crippen LogP contribution in [0.4, 0.5) is 0 Å². The molecule has 1 amide bonds. The minimum Gasteiger partial charge on any atom is -0.342 e. The van der Waals surface area contributed by atoms with Gasteiger partial charge in [-0.3, -0.25) is 4.79 Å². The molecule has 2 fully saturated rings. The molecule has 116 valence electrons. The zero-order valence-electron chi connectivity index (χ0n) is 13.4. The predicted molar refractivity (Wildman–Crippen MR) is 82.6 cm³/mol. The molecule has 20 heavy (non-hydrogen) atoms. The summed E-state index contributed by atoms with van der Waals surface area (Å²) in [7, 11) is 0. The van der Waals surface area contributed by atoms with Crippen LogP contribution in [0.2, 0.25) is 0 Å². The molecule has 2 saturated heterocycles. The van der Waals surface area contributed by atoms with Gasteiger partial charge in [-0.15, -0.1) is 0 Å². The third kappa shape index (κ3) is 3.73. The van der Waals surface area contributed by atoms with E-state index in [2.05, 4.69) is 35.9 Å². The molecule has 1 N–H and O–H groups in total. The molecule has 4 nitrogen and oxygen atoms in total. The minimum atomic E-state index is 0.204. The highest BCUT2D eigenvalue weighted by atomic mass is 16.2. The van der Waals surface area contributed by atoms with Crippen molar-refractivity contribution in [1.29, 1.82) is 0 Å². The van der Waals surface area contributed by atoms with E-state index in [-0.39, 0.29) is 5.92 Å². The van der Waals surface area contributed by atoms with Crippen LogP contribution in [-0.2, 0) is 4.79 Å². The maximum atomic E-state index is 12.5. The molecule has 0 saturated carbocycles. The topological polar surface area (TPSA) is 35.6 Å². The van der Waals surface area contributed by atoms with Gasteiger partial charge in [-0.1, -0.05) is 20.8 Å². The molecule has 0 bridgehead atoms. The van der Waals surface area contributed by atoms with Gasteiger partial charge in [0.1, 0.15) is 0 Å². The summed E-state index contributed by atoms with van der Waals surface area (Å²) in [6, 6.07) is 0. The second-order valence-electron chi connectivity index (χ2n) is 6.46. The second-order valence-corrected chi connectivity index (χ2v) is 6.46. The molecule has 0 radical (unpaired) electrons. The van der Waals surface area contributed by atoms with Crippen molar-refractivity contribution in [2.45, 2.75) is 33.6 Å². The molecule has 0 aromatic heterocycles. The van der Waals surface area contributed by atoms with Crippen molar-refractivity contribution in [2.24, 2.45) is 17.8 Å². The Morgan fingerprint density at radius 3 is 2.30 bits per heavy atom. The van der Waals surface area contributed by atoms with Crippen LogP contribution < -0.4 is 5.32 Å². The van der Waals surface area contributed by atoms with Gasteiger partial charge < -0.3 is 15.1 Å². The van der Waals surface area contributed by atoms with Crippen LogP contribution in [0.25, 0.3) is 0 Å². The van der Waals surface area contributed by atoms with Gasteiger partial charge >= 0.3 is 0 Å². The van der Waals surface area contributed by atoms with Gasteiger partial charge in [-0.2, -0.15) is 0 Å². The van der Waals surface area contributed by atoms with Gasteiger partial charge in [0.05, 0.1) is 0 Å². The van der Waals surface area contributed by atoms with E-state index in [9.17, 15) is 4.79 Å². The molecule has 0 aromatic rings. The summed E-state index contributed by atoms with van der Waals surface area (Å²) in [4.78, 5) is 17.1. The summed E-state index contributed by atoms with van der Waals surface area (Å²) in [5, 5.41) is 3.27. The Balaban J connectivity index is 1.74. The highest BCUT2D eigenvalue weighted by Crippen LogP contribution is 2.23. The number of nitrogens with zero attached hydrogens (tertiary/aromatic N) is 2. The van der Waals surface area contributed by atoms with Crippen LogP contribution in [0, 0.1) is 17.8 Å². The lowest BCUT2D eigenvalue weighted by molar-refractivity contribution is -0.138. The van der Waals surface area contributed by atoms with Gasteiger partial charge in [0.25, 0.3) is 0 Å². The van der Waals surface area contributed by atoms with Crippen LogP contribution in [0.5, 0.6) is 0 Å². The van der Waals surface area contributed by atoms with Gasteiger partial charge in [-0.05, 0) is 50.9 Å². The second kappa shape index (κ2) is 7.41. The first kappa shape index (κ1) is 15.8. The lowest BCUT2D eigenvalue weighted by atomic mass is 9.87. The average molecular weight is 281 g/mol. The fourth-order valence-electron chi connectivity index (χ4n) is 3.34. The Morgan fingerprint density at radius 1 is 1.25 bits per heavy atom. The molecular weight excluding hydrogens is 250 g/mol. The Morgan fingerprint density at radius 2 is 1.85 bits per heavy atom. The SMILES string of the molecule is CCN(CC)CC1CCN(C(=O)C(C)C2CNC2)CC1. The van der Waals surface area contributed by atoms with E-state index in [0.29, 0.717) is 11.8 Å². The third-order valence-electron chi connectivity index (χ3n) is 5.25. The first-order valence-electron chi connectivity index (χ1n) is 8.37. The van der Waals surface area contributed by atoms with Gasteiger partial charge in [0, 0.05) is 25.6 Å². The zero-order chi connectivity index (χ0) is 14.5. The fourth-order valence-corrected chi connectivity index (χ4v) is 3.34. The summed E-state index contributed by atoms with van der Waals surface area (Å²) in [6.45, 7) is 14.0. The number of nitrogens with one attached hydrogen (secondary N) is 1. The summed E-state index contributed by atoms with van der Waals surface area (Å²) in [5.74, 6) is 1.93. The number of hydrogen-bond acceptors (Lipinski definition) is 3. The maximum absolute atomic E-state index is 12.5. The first-order valence-corrected chi connectivity index (χ1v) is 8.37. The number of likely N-dealkylation sites (tertiary alicyclic amines) is 1. The van der Waals surface area contributed by atoms with Gasteiger partial charge in [-0.25, -0.2) is 0 Å². The number of hydrogen-bond donors (Lipinski definition) is 1. The van der Waals surface area contributed by atoms with E-state index in [4.69, 9.17) is 0 Å². The molecule has 2 aliphatic heterocycles. The van der Waals surface area contributed by atoms with Crippen LogP contribution in [0.1, 0.15) is 33.6 Å². The average Bonchev–Trinajstić information content (AvgIpc) is 2.42. The van der Waals surface area contributed by atoms with Crippen molar-refractivity contribution in [2.75, 3.05) is 45.8 Å². The molecule has 0 spiro atoms. The molecule has 2 heterocycles. The zero-order valence-corrected chi connectivity index (χ0v) is 13.4. The Labute approximate surface area is 123 Å². The van der Waals surface area contributed by atoms with Crippen molar-refractivity contribution in [3.05, 3.63) is 0 Å². The summed E-state index contributed by atoms with van der Waals surface area (Å²) in [6.07, 6.45) is 2.36. The quantitative estimate of drug-likeness (QED) is 0.800. The van der Waals surface area contributed by atoms with Crippen LogP contribution >= 0.6 is 0 Å². The van der Waals surface area contributed by atoms with Crippen molar-refractivity contribution in [1.82, 2.24) is 15.1 Å². The van der Waals surface area contributed by atoms with Gasteiger partial charge in [0.15, 0.2) is 0 Å². The number of rotatable bonds is 6. The smallest absolute Gasteiger partial charge is 0.225 e. The molecule has 2 aliphatic rings. The van der Waals surface area contributed by atoms with Crippen molar-refractivity contribution < 1.29 is 4.79 Å². The highest BCUT2D eigenvalue weighted by Gasteiger charge is 2.33. The largest absolute Gasteiger partial charge is 0.342 e. The van der Waals surface area contributed by atoms with Crippen molar-refractivity contribution in [3.63, 3.8) is 0 Å². The van der Waals surface area contributed by atoms with Crippen molar-refractivity contribution in [3.8, 4) is 0 Å². The van der Waals surface area contributed by atoms with Gasteiger partial charge in [0.2, 0.25) is 5.91 Å². The monoisotopic (exact) mass is 281 g/mol. The predicted octanol–water partition coefficient (Wildman–Crippen LogP) is 1.42. The van der Waals surface area contributed by atoms with E-state index in [1.165, 1.54) is 19.4 Å². The highest BCUT2D eigenvalue weighted by molar-refractivity contribution is 5.79. The molecule has 4 heteroatoms. The minimum absolute atomic E-state index is 0.204. The summed E-state index contributed by atoms with van der Waals surface area (Å²) >= 11 is 0. The van der Waals surface area contributed by atoms with E-state index >= 15 is 0 Å². The van der Waals surface area contributed by atoms with E-state index < -0.39 is 0 Å². The Bertz CT molecular complexity index is 305. The van der Waals surface area contributed by atoms with Crippen molar-refractivity contribution >= 4 is 5.91 Å². The number of carbonyl (C=O) groups excluding carboxylic acids is 1. The first-order chi connectivity index (χ1) is 9.65. The fraction of sp³-hybridized carbons (Fsp3) is 0.938. The normalized spacial score (nSPS) is 22.9.